The molecule has 2 N–H and O–H groups in total. The van der Waals surface area contributed by atoms with E-state index in [-0.39, 0.29) is 5.41 Å². The third-order valence-corrected chi connectivity index (χ3v) is 7.01. The normalized spacial score (nSPS) is 14.3. The van der Waals surface area contributed by atoms with Crippen molar-refractivity contribution < 1.29 is 23.1 Å². The minimum atomic E-state index is -5.08. The van der Waals surface area contributed by atoms with Crippen LogP contribution in [0.3, 0.4) is 0 Å². The summed E-state index contributed by atoms with van der Waals surface area (Å²) in [5.74, 6) is -1.05. The molecule has 5 rings (SSSR count). The predicted molar refractivity (Wildman–Crippen MR) is 161 cm³/mol. The van der Waals surface area contributed by atoms with Gasteiger partial charge >= 0.3 is 12.1 Å². The van der Waals surface area contributed by atoms with E-state index in [2.05, 4.69) is 72.3 Å². The van der Waals surface area contributed by atoms with E-state index in [0.29, 0.717) is 0 Å². The van der Waals surface area contributed by atoms with Crippen LogP contribution in [0.15, 0.2) is 72.8 Å². The van der Waals surface area contributed by atoms with Crippen LogP contribution >= 0.6 is 11.6 Å². The Hall–Kier alpha value is -3.89. The Morgan fingerprint density at radius 1 is 0.905 bits per heavy atom. The molecule has 42 heavy (non-hydrogen) atoms. The second-order valence-corrected chi connectivity index (χ2v) is 11.5. The van der Waals surface area contributed by atoms with Gasteiger partial charge < -0.3 is 15.3 Å². The second-order valence-electron chi connectivity index (χ2n) is 11.0. The molecule has 0 amide bonds. The van der Waals surface area contributed by atoms with Crippen molar-refractivity contribution in [3.8, 4) is 0 Å². The topological polar surface area (TPSA) is 81.6 Å². The molecule has 1 fully saturated rings. The van der Waals surface area contributed by atoms with Gasteiger partial charge in [0.25, 0.3) is 0 Å². The molecule has 0 aliphatic carbocycles. The van der Waals surface area contributed by atoms with E-state index in [1.54, 1.807) is 0 Å². The number of nitrogens with zero attached hydrogens (tertiary/aromatic N) is 4. The standard InChI is InChI=1S/C29H32ClN5.C2HF3O2/c1-29(2,3)22-11-13-24(14-12-22)31-27-28(33-26-10-5-4-9-25(26)32-27)35-17-15-34(16-18-35)20-21-7-6-8-23(30)19-21;3-2(4,5)1(6)7/h4-14,19H,15-18,20H2,1-3H3,(H,31,32);(H,6,7). The molecule has 0 atom stereocenters. The molecule has 2 heterocycles. The monoisotopic (exact) mass is 599 g/mol. The first-order valence-corrected chi connectivity index (χ1v) is 13.8. The Bertz CT molecular complexity index is 1520. The van der Waals surface area contributed by atoms with Gasteiger partial charge in [-0.1, -0.05) is 68.8 Å². The average molecular weight is 600 g/mol. The lowest BCUT2D eigenvalue weighted by Gasteiger charge is -2.36. The van der Waals surface area contributed by atoms with Crippen LogP contribution < -0.4 is 10.2 Å². The lowest BCUT2D eigenvalue weighted by Crippen LogP contribution is -2.46. The molecule has 222 valence electrons. The van der Waals surface area contributed by atoms with Crippen LogP contribution in [-0.2, 0) is 16.8 Å². The number of hydrogen-bond acceptors (Lipinski definition) is 6. The minimum absolute atomic E-state index is 0.122. The lowest BCUT2D eigenvalue weighted by atomic mass is 9.87. The van der Waals surface area contributed by atoms with Gasteiger partial charge in [-0.25, -0.2) is 14.8 Å². The lowest BCUT2D eigenvalue weighted by molar-refractivity contribution is -0.192. The fourth-order valence-corrected chi connectivity index (χ4v) is 4.71. The van der Waals surface area contributed by atoms with Crippen molar-refractivity contribution in [2.24, 2.45) is 0 Å². The van der Waals surface area contributed by atoms with E-state index in [1.165, 1.54) is 11.1 Å². The maximum atomic E-state index is 10.6. The third kappa shape index (κ3) is 8.33. The van der Waals surface area contributed by atoms with Gasteiger partial charge in [-0.2, -0.15) is 13.2 Å². The number of benzene rings is 3. The molecular weight excluding hydrogens is 567 g/mol. The van der Waals surface area contributed by atoms with Crippen molar-refractivity contribution in [3.63, 3.8) is 0 Å². The molecule has 0 unspecified atom stereocenters. The molecule has 3 aromatic carbocycles. The first-order chi connectivity index (χ1) is 19.8. The van der Waals surface area contributed by atoms with Crippen LogP contribution in [0.4, 0.5) is 30.5 Å². The highest BCUT2D eigenvalue weighted by molar-refractivity contribution is 6.30. The Morgan fingerprint density at radius 3 is 2.05 bits per heavy atom. The van der Waals surface area contributed by atoms with E-state index in [0.717, 1.165) is 66.1 Å². The largest absolute Gasteiger partial charge is 0.490 e. The highest BCUT2D eigenvalue weighted by Crippen LogP contribution is 2.30. The quantitative estimate of drug-likeness (QED) is 0.249. The fourth-order valence-electron chi connectivity index (χ4n) is 4.50. The van der Waals surface area contributed by atoms with Gasteiger partial charge in [0.15, 0.2) is 11.6 Å². The molecule has 0 bridgehead atoms. The Labute approximate surface area is 248 Å². The number of carboxylic acid groups (broad SMARTS) is 1. The minimum Gasteiger partial charge on any atom is -0.475 e. The smallest absolute Gasteiger partial charge is 0.475 e. The van der Waals surface area contributed by atoms with Crippen molar-refractivity contribution in [1.29, 1.82) is 0 Å². The zero-order valence-corrected chi connectivity index (χ0v) is 24.4. The Kier molecular flexibility index (Phi) is 9.58. The molecule has 1 saturated heterocycles. The number of alkyl halides is 3. The summed E-state index contributed by atoms with van der Waals surface area (Å²) in [6, 6.07) is 24.8. The van der Waals surface area contributed by atoms with Crippen LogP contribution in [-0.4, -0.2) is 58.3 Å². The Morgan fingerprint density at radius 2 is 1.50 bits per heavy atom. The number of halogens is 4. The molecule has 4 aromatic rings. The van der Waals surface area contributed by atoms with E-state index in [9.17, 15) is 13.2 Å². The van der Waals surface area contributed by atoms with Gasteiger partial charge in [0.05, 0.1) is 11.0 Å². The molecule has 0 spiro atoms. The summed E-state index contributed by atoms with van der Waals surface area (Å²) in [5, 5.41) is 11.5. The first kappa shape index (κ1) is 31.1. The molecule has 1 aliphatic heterocycles. The predicted octanol–water partition coefficient (Wildman–Crippen LogP) is 7.28. The van der Waals surface area contributed by atoms with E-state index in [4.69, 9.17) is 31.5 Å². The van der Waals surface area contributed by atoms with Crippen molar-refractivity contribution in [3.05, 3.63) is 88.9 Å². The summed E-state index contributed by atoms with van der Waals surface area (Å²) < 4.78 is 31.7. The fraction of sp³-hybridized carbons (Fsp3) is 0.323. The summed E-state index contributed by atoms with van der Waals surface area (Å²) in [7, 11) is 0. The van der Waals surface area contributed by atoms with Crippen LogP contribution in [0.1, 0.15) is 31.9 Å². The molecule has 1 aliphatic rings. The van der Waals surface area contributed by atoms with E-state index in [1.807, 2.05) is 36.4 Å². The van der Waals surface area contributed by atoms with Crippen molar-refractivity contribution in [1.82, 2.24) is 14.9 Å². The molecule has 1 aromatic heterocycles. The number of para-hydroxylation sites is 2. The van der Waals surface area contributed by atoms with Gasteiger partial charge in [0.2, 0.25) is 0 Å². The number of carboxylic acids is 1. The zero-order chi connectivity index (χ0) is 30.5. The summed E-state index contributed by atoms with van der Waals surface area (Å²) in [4.78, 5) is 23.7. The molecule has 11 heteroatoms. The molecule has 0 radical (unpaired) electrons. The number of piperazine rings is 1. The van der Waals surface area contributed by atoms with Crippen LogP contribution in [0, 0.1) is 0 Å². The molecular formula is C31H33ClF3N5O2. The van der Waals surface area contributed by atoms with Crippen LogP contribution in [0.5, 0.6) is 0 Å². The molecule has 0 saturated carbocycles. The highest BCUT2D eigenvalue weighted by atomic mass is 35.5. The number of carbonyl (C=O) groups is 1. The van der Waals surface area contributed by atoms with Crippen LogP contribution in [0.2, 0.25) is 5.02 Å². The summed E-state index contributed by atoms with van der Waals surface area (Å²) in [6.45, 7) is 11.3. The van der Waals surface area contributed by atoms with Gasteiger partial charge in [-0.05, 0) is 52.9 Å². The van der Waals surface area contributed by atoms with Gasteiger partial charge in [0, 0.05) is 43.4 Å². The summed E-state index contributed by atoms with van der Waals surface area (Å²) in [6.07, 6.45) is -5.08. The Balaban J connectivity index is 0.000000517. The second kappa shape index (κ2) is 13.0. The van der Waals surface area contributed by atoms with Gasteiger partial charge in [-0.15, -0.1) is 0 Å². The molecule has 7 nitrogen and oxygen atoms in total. The third-order valence-electron chi connectivity index (χ3n) is 6.78. The maximum Gasteiger partial charge on any atom is 0.490 e. The number of nitrogens with one attached hydrogen (secondary N) is 1. The number of fused-ring (bicyclic) bond motifs is 1. The summed E-state index contributed by atoms with van der Waals surface area (Å²) >= 11 is 6.18. The highest BCUT2D eigenvalue weighted by Gasteiger charge is 2.38. The van der Waals surface area contributed by atoms with Gasteiger partial charge in [-0.3, -0.25) is 4.90 Å². The van der Waals surface area contributed by atoms with Crippen molar-refractivity contribution >= 4 is 45.9 Å². The summed E-state index contributed by atoms with van der Waals surface area (Å²) in [5.41, 5.74) is 5.50. The van der Waals surface area contributed by atoms with Crippen molar-refractivity contribution in [2.75, 3.05) is 36.4 Å². The van der Waals surface area contributed by atoms with E-state index >= 15 is 0 Å². The first-order valence-electron chi connectivity index (χ1n) is 13.5. The number of rotatable bonds is 5. The average Bonchev–Trinajstić information content (AvgIpc) is 2.93. The van der Waals surface area contributed by atoms with Crippen molar-refractivity contribution in [2.45, 2.75) is 38.9 Å². The van der Waals surface area contributed by atoms with Gasteiger partial charge in [0.1, 0.15) is 0 Å². The van der Waals surface area contributed by atoms with Crippen LogP contribution in [0.25, 0.3) is 11.0 Å². The zero-order valence-electron chi connectivity index (χ0n) is 23.6. The number of aliphatic carboxylic acids is 1. The maximum absolute atomic E-state index is 10.6. The number of hydrogen-bond donors (Lipinski definition) is 2. The number of anilines is 3. The van der Waals surface area contributed by atoms with E-state index < -0.39 is 12.1 Å². The SMILES string of the molecule is CC(C)(C)c1ccc(Nc2nc3ccccc3nc2N2CCN(Cc3cccc(Cl)c3)CC2)cc1.O=C(O)C(F)(F)F. The number of aromatic nitrogens is 2.